The Hall–Kier alpha value is -3.80. The van der Waals surface area contributed by atoms with E-state index in [1.165, 1.54) is 25.0 Å². The number of methoxy groups -OCH3 is 1. The van der Waals surface area contributed by atoms with Crippen molar-refractivity contribution in [2.75, 3.05) is 14.2 Å². The molecular formula is C35H49N3O3. The number of unbranched alkanes of at least 4 members (excludes halogenated alkanes) is 3. The highest BCUT2D eigenvalue weighted by Gasteiger charge is 2.23. The van der Waals surface area contributed by atoms with Gasteiger partial charge in [-0.05, 0) is 48.5 Å². The van der Waals surface area contributed by atoms with Gasteiger partial charge < -0.3 is 19.7 Å². The molecule has 6 nitrogen and oxygen atoms in total. The van der Waals surface area contributed by atoms with E-state index in [0.717, 1.165) is 47.7 Å². The lowest BCUT2D eigenvalue weighted by atomic mass is 10.0. The van der Waals surface area contributed by atoms with E-state index in [4.69, 9.17) is 14.5 Å². The molecule has 41 heavy (non-hydrogen) atoms. The van der Waals surface area contributed by atoms with Crippen LogP contribution in [0, 0.1) is 5.92 Å². The maximum absolute atomic E-state index is 12.8. The number of rotatable bonds is 18. The van der Waals surface area contributed by atoms with Crippen molar-refractivity contribution in [2.24, 2.45) is 10.9 Å². The Kier molecular flexibility index (Phi) is 15.1. The number of hydrogen-bond acceptors (Lipinski definition) is 5. The van der Waals surface area contributed by atoms with Crippen LogP contribution >= 0.6 is 0 Å². The minimum atomic E-state index is -0.0674. The summed E-state index contributed by atoms with van der Waals surface area (Å²) in [6.45, 7) is 14.5. The summed E-state index contributed by atoms with van der Waals surface area (Å²) in [6.07, 6.45) is 16.8. The number of ether oxygens (including phenoxy) is 2. The first kappa shape index (κ1) is 33.4. The normalized spacial score (nSPS) is 15.0. The predicted octanol–water partition coefficient (Wildman–Crippen LogP) is 8.34. The van der Waals surface area contributed by atoms with Gasteiger partial charge in [0.25, 0.3) is 0 Å². The van der Waals surface area contributed by atoms with E-state index >= 15 is 0 Å². The second-order valence-electron chi connectivity index (χ2n) is 10.5. The van der Waals surface area contributed by atoms with Crippen LogP contribution in [0.25, 0.3) is 0 Å². The number of aliphatic imine (C=N–C) groups is 1. The second kappa shape index (κ2) is 18.5. The highest BCUT2D eigenvalue weighted by molar-refractivity contribution is 5.83. The zero-order valence-corrected chi connectivity index (χ0v) is 25.7. The molecule has 1 amide bonds. The quantitative estimate of drug-likeness (QED) is 0.112. The van der Waals surface area contributed by atoms with E-state index in [-0.39, 0.29) is 11.8 Å². The third-order valence-electron chi connectivity index (χ3n) is 6.87. The number of nitrogens with one attached hydrogen (secondary N) is 1. The molecule has 0 atom stereocenters. The van der Waals surface area contributed by atoms with Gasteiger partial charge in [-0.15, -0.1) is 0 Å². The molecule has 0 spiro atoms. The van der Waals surface area contributed by atoms with E-state index in [1.807, 2.05) is 36.6 Å². The van der Waals surface area contributed by atoms with Crippen molar-refractivity contribution in [3.63, 3.8) is 0 Å². The first-order chi connectivity index (χ1) is 19.8. The molecule has 6 heteroatoms. The van der Waals surface area contributed by atoms with E-state index in [0.29, 0.717) is 25.2 Å². The van der Waals surface area contributed by atoms with Crippen molar-refractivity contribution in [3.05, 3.63) is 108 Å². The molecule has 0 saturated heterocycles. The van der Waals surface area contributed by atoms with Gasteiger partial charge >= 0.3 is 0 Å². The molecule has 0 unspecified atom stereocenters. The maximum atomic E-state index is 12.8. The number of nitrogens with zero attached hydrogens (tertiary/aromatic N) is 2. The molecule has 1 aliphatic heterocycles. The highest BCUT2D eigenvalue weighted by atomic mass is 16.5. The second-order valence-corrected chi connectivity index (χ2v) is 10.5. The monoisotopic (exact) mass is 559 g/mol. The first-order valence-corrected chi connectivity index (χ1v) is 14.7. The lowest BCUT2D eigenvalue weighted by Gasteiger charge is -2.31. The van der Waals surface area contributed by atoms with E-state index in [9.17, 15) is 4.79 Å². The van der Waals surface area contributed by atoms with Crippen LogP contribution in [0.4, 0.5) is 0 Å². The summed E-state index contributed by atoms with van der Waals surface area (Å²) in [5.74, 6) is 2.17. The third kappa shape index (κ3) is 11.7. The van der Waals surface area contributed by atoms with E-state index < -0.39 is 0 Å². The van der Waals surface area contributed by atoms with Gasteiger partial charge in [0.05, 0.1) is 18.6 Å². The minimum absolute atomic E-state index is 0.0674. The van der Waals surface area contributed by atoms with Crippen molar-refractivity contribution in [2.45, 2.75) is 78.7 Å². The van der Waals surface area contributed by atoms with Gasteiger partial charge in [-0.2, -0.15) is 0 Å². The highest BCUT2D eigenvalue weighted by Crippen LogP contribution is 2.30. The first-order valence-electron chi connectivity index (χ1n) is 14.7. The Morgan fingerprint density at radius 1 is 1.15 bits per heavy atom. The zero-order chi connectivity index (χ0) is 30.0. The van der Waals surface area contributed by atoms with Crippen molar-refractivity contribution < 1.29 is 14.3 Å². The maximum Gasteiger partial charge on any atom is 0.224 e. The van der Waals surface area contributed by atoms with Crippen LogP contribution < -0.4 is 5.32 Å². The SMILES string of the molecule is C=C/C=C(\C=C/CC1=C(CCCCCC)N(C)/C(=C(/NC(=O)CCC(=C)OC)C(C)C)N=C1)OCc1ccccc1. The molecule has 0 aliphatic carbocycles. The van der Waals surface area contributed by atoms with Gasteiger partial charge in [-0.1, -0.05) is 95.7 Å². The number of carbonyl (C=O) groups excluding carboxylic acids is 1. The molecule has 1 aromatic rings. The van der Waals surface area contributed by atoms with Gasteiger partial charge in [0.1, 0.15) is 12.4 Å². The van der Waals surface area contributed by atoms with Crippen molar-refractivity contribution in [1.29, 1.82) is 0 Å². The Morgan fingerprint density at radius 3 is 2.56 bits per heavy atom. The molecule has 0 saturated carbocycles. The number of carbonyl (C=O) groups is 1. The Morgan fingerprint density at radius 2 is 1.90 bits per heavy atom. The summed E-state index contributed by atoms with van der Waals surface area (Å²) in [5.41, 5.74) is 4.33. The number of amides is 1. The average molecular weight is 560 g/mol. The molecule has 0 aromatic heterocycles. The topological polar surface area (TPSA) is 63.2 Å². The van der Waals surface area contributed by atoms with Crippen LogP contribution in [0.3, 0.4) is 0 Å². The van der Waals surface area contributed by atoms with Gasteiger partial charge in [-0.25, -0.2) is 4.99 Å². The van der Waals surface area contributed by atoms with Crippen LogP contribution in [-0.2, 0) is 20.9 Å². The Balaban J connectivity index is 2.25. The summed E-state index contributed by atoms with van der Waals surface area (Å²) in [7, 11) is 3.63. The molecule has 0 radical (unpaired) electrons. The average Bonchev–Trinajstić information content (AvgIpc) is 2.97. The predicted molar refractivity (Wildman–Crippen MR) is 171 cm³/mol. The van der Waals surface area contributed by atoms with Crippen LogP contribution in [0.5, 0.6) is 0 Å². The number of hydrogen-bond donors (Lipinski definition) is 1. The molecule has 1 aromatic carbocycles. The van der Waals surface area contributed by atoms with Crippen molar-refractivity contribution >= 4 is 12.1 Å². The minimum Gasteiger partial charge on any atom is -0.502 e. The molecule has 2 rings (SSSR count). The number of allylic oxidation sites excluding steroid dienone is 8. The van der Waals surface area contributed by atoms with Crippen molar-refractivity contribution in [1.82, 2.24) is 10.2 Å². The summed E-state index contributed by atoms with van der Waals surface area (Å²) in [6, 6.07) is 10.1. The third-order valence-corrected chi connectivity index (χ3v) is 6.87. The van der Waals surface area contributed by atoms with Gasteiger partial charge in [0, 0.05) is 31.8 Å². The standard InChI is InChI=1S/C35H49N3O3/c1-8-10-11-15-22-32-30(20-16-21-31(17-9-2)41-26-29-18-13-12-14-19-29)25-36-35(38(32)6)34(27(3)4)37-33(39)24-23-28(5)40-7/h9,12-14,16-19,21,25,27H,2,5,8,10-11,15,20,22-24,26H2,1,3-4,6-7H3,(H,37,39)/b21-16-,31-17+,35-34+. The lowest BCUT2D eigenvalue weighted by Crippen LogP contribution is -2.32. The van der Waals surface area contributed by atoms with Crippen LogP contribution in [0.1, 0.15) is 77.7 Å². The van der Waals surface area contributed by atoms with Gasteiger partial charge in [0.2, 0.25) is 5.91 Å². The van der Waals surface area contributed by atoms with Crippen molar-refractivity contribution in [3.8, 4) is 0 Å². The van der Waals surface area contributed by atoms with E-state index in [1.54, 1.807) is 13.2 Å². The summed E-state index contributed by atoms with van der Waals surface area (Å²) in [4.78, 5) is 19.8. The van der Waals surface area contributed by atoms with Crippen LogP contribution in [0.2, 0.25) is 0 Å². The Labute approximate surface area is 247 Å². The Bertz CT molecular complexity index is 1160. The van der Waals surface area contributed by atoms with Gasteiger partial charge in [0.15, 0.2) is 5.82 Å². The summed E-state index contributed by atoms with van der Waals surface area (Å²) in [5, 5.41) is 3.13. The fourth-order valence-corrected chi connectivity index (χ4v) is 4.45. The molecule has 0 bridgehead atoms. The summed E-state index contributed by atoms with van der Waals surface area (Å²) < 4.78 is 11.1. The molecule has 1 heterocycles. The fraction of sp³-hybridized carbons (Fsp3) is 0.429. The lowest BCUT2D eigenvalue weighted by molar-refractivity contribution is -0.120. The largest absolute Gasteiger partial charge is 0.502 e. The molecule has 1 N–H and O–H groups in total. The summed E-state index contributed by atoms with van der Waals surface area (Å²) >= 11 is 0. The molecule has 1 aliphatic rings. The smallest absolute Gasteiger partial charge is 0.224 e. The fourth-order valence-electron chi connectivity index (χ4n) is 4.45. The van der Waals surface area contributed by atoms with Gasteiger partial charge in [-0.3, -0.25) is 4.79 Å². The molecule has 0 fully saturated rings. The number of benzene rings is 1. The zero-order valence-electron chi connectivity index (χ0n) is 25.7. The van der Waals surface area contributed by atoms with E-state index in [2.05, 4.69) is 69.4 Å². The molecular weight excluding hydrogens is 510 g/mol. The van der Waals surface area contributed by atoms with Crippen LogP contribution in [0.15, 0.2) is 107 Å². The molecule has 222 valence electrons. The van der Waals surface area contributed by atoms with Crippen LogP contribution in [-0.4, -0.2) is 31.2 Å².